The summed E-state index contributed by atoms with van der Waals surface area (Å²) in [7, 11) is 0. The number of nitrogens with zero attached hydrogens (tertiary/aromatic N) is 2. The molecule has 0 radical (unpaired) electrons. The predicted octanol–water partition coefficient (Wildman–Crippen LogP) is 3.55. The number of nitrogens with one attached hydrogen (secondary N) is 1. The quantitative estimate of drug-likeness (QED) is 0.490. The van der Waals surface area contributed by atoms with Gasteiger partial charge in [0.25, 0.3) is 5.69 Å². The largest absolute Gasteiger partial charge is 0.322 e. The Kier molecular flexibility index (Phi) is 4.65. The monoisotopic (exact) mass is 377 g/mol. The van der Waals surface area contributed by atoms with Gasteiger partial charge in [-0.15, -0.1) is 0 Å². The summed E-state index contributed by atoms with van der Waals surface area (Å²) in [6, 6.07) is 11.6. The van der Waals surface area contributed by atoms with Crippen LogP contribution in [0.1, 0.15) is 24.0 Å². The zero-order chi connectivity index (χ0) is 19.7. The Morgan fingerprint density at radius 3 is 2.57 bits per heavy atom. The summed E-state index contributed by atoms with van der Waals surface area (Å²) < 4.78 is 0. The number of hydrogen-bond donors (Lipinski definition) is 1. The molecule has 1 fully saturated rings. The first kappa shape index (κ1) is 17.9. The summed E-state index contributed by atoms with van der Waals surface area (Å²) in [6.07, 6.45) is 5.74. The van der Waals surface area contributed by atoms with Gasteiger partial charge in [-0.1, -0.05) is 6.07 Å². The molecule has 4 rings (SSSR count). The molecule has 2 aromatic carbocycles. The van der Waals surface area contributed by atoms with Crippen molar-refractivity contribution in [2.24, 2.45) is 5.92 Å². The minimum atomic E-state index is -0.467. The molecule has 0 saturated heterocycles. The Morgan fingerprint density at radius 2 is 1.89 bits per heavy atom. The van der Waals surface area contributed by atoms with E-state index in [9.17, 15) is 19.7 Å². The van der Waals surface area contributed by atoms with Crippen molar-refractivity contribution >= 4 is 35.0 Å². The van der Waals surface area contributed by atoms with Crippen molar-refractivity contribution in [3.8, 4) is 0 Å². The van der Waals surface area contributed by atoms with Crippen LogP contribution in [-0.4, -0.2) is 23.3 Å². The molecule has 2 amide bonds. The smallest absolute Gasteiger partial charge is 0.269 e. The van der Waals surface area contributed by atoms with Gasteiger partial charge in [-0.3, -0.25) is 19.7 Å². The second kappa shape index (κ2) is 7.26. The van der Waals surface area contributed by atoms with Crippen LogP contribution in [0.15, 0.2) is 48.5 Å². The SMILES string of the molecule is O=C(/C=C/c1ccc([N+](=O)[O-])cc1)Nc1ccc2c(c1)N(C(=O)C1CC1)CC2. The lowest BCUT2D eigenvalue weighted by Gasteiger charge is -2.17. The predicted molar refractivity (Wildman–Crippen MR) is 106 cm³/mol. The van der Waals surface area contributed by atoms with Crippen LogP contribution in [0.2, 0.25) is 0 Å². The molecule has 142 valence electrons. The number of nitro groups is 1. The molecule has 0 atom stereocenters. The normalized spacial score (nSPS) is 15.5. The summed E-state index contributed by atoms with van der Waals surface area (Å²) in [5, 5.41) is 13.5. The molecule has 1 saturated carbocycles. The third kappa shape index (κ3) is 3.78. The third-order valence-electron chi connectivity index (χ3n) is 4.97. The fourth-order valence-corrected chi connectivity index (χ4v) is 3.30. The minimum absolute atomic E-state index is 0.00467. The van der Waals surface area contributed by atoms with Gasteiger partial charge >= 0.3 is 0 Å². The molecule has 0 spiro atoms. The molecule has 1 aliphatic carbocycles. The van der Waals surface area contributed by atoms with Crippen LogP contribution in [0.4, 0.5) is 17.1 Å². The molecular weight excluding hydrogens is 358 g/mol. The molecule has 1 aliphatic heterocycles. The summed E-state index contributed by atoms with van der Waals surface area (Å²) in [5.74, 6) is 0.0329. The summed E-state index contributed by atoms with van der Waals surface area (Å²) in [5.41, 5.74) is 3.33. The average Bonchev–Trinajstić information content (AvgIpc) is 3.46. The van der Waals surface area contributed by atoms with Crippen LogP contribution in [0.25, 0.3) is 6.08 Å². The van der Waals surface area contributed by atoms with Gasteiger partial charge < -0.3 is 10.2 Å². The highest BCUT2D eigenvalue weighted by molar-refractivity contribution is 6.03. The van der Waals surface area contributed by atoms with Gasteiger partial charge in [0.05, 0.1) is 4.92 Å². The number of hydrogen-bond acceptors (Lipinski definition) is 4. The first-order valence-corrected chi connectivity index (χ1v) is 9.19. The van der Waals surface area contributed by atoms with Crippen LogP contribution >= 0.6 is 0 Å². The molecule has 0 unspecified atom stereocenters. The lowest BCUT2D eigenvalue weighted by Crippen LogP contribution is -2.30. The number of carbonyl (C=O) groups is 2. The number of amides is 2. The van der Waals surface area contributed by atoms with Gasteiger partial charge in [-0.05, 0) is 60.7 Å². The van der Waals surface area contributed by atoms with E-state index in [1.54, 1.807) is 18.2 Å². The number of carbonyl (C=O) groups excluding carboxylic acids is 2. The zero-order valence-electron chi connectivity index (χ0n) is 15.1. The van der Waals surface area contributed by atoms with Crippen molar-refractivity contribution in [3.63, 3.8) is 0 Å². The molecule has 28 heavy (non-hydrogen) atoms. The highest BCUT2D eigenvalue weighted by Crippen LogP contribution is 2.37. The van der Waals surface area contributed by atoms with Crippen LogP contribution in [-0.2, 0) is 16.0 Å². The van der Waals surface area contributed by atoms with Gasteiger partial charge in [0.2, 0.25) is 11.8 Å². The summed E-state index contributed by atoms with van der Waals surface area (Å²) >= 11 is 0. The molecule has 2 aliphatic rings. The van der Waals surface area contributed by atoms with Gasteiger partial charge in [-0.25, -0.2) is 0 Å². The number of nitro benzene ring substituents is 1. The number of rotatable bonds is 5. The van der Waals surface area contributed by atoms with E-state index in [4.69, 9.17) is 0 Å². The van der Waals surface area contributed by atoms with E-state index in [-0.39, 0.29) is 23.4 Å². The molecule has 0 aromatic heterocycles. The van der Waals surface area contributed by atoms with Crippen molar-refractivity contribution in [1.29, 1.82) is 0 Å². The van der Waals surface area contributed by atoms with Crippen LogP contribution in [0, 0.1) is 16.0 Å². The van der Waals surface area contributed by atoms with Crippen LogP contribution in [0.3, 0.4) is 0 Å². The van der Waals surface area contributed by atoms with E-state index in [1.165, 1.54) is 18.2 Å². The molecule has 0 bridgehead atoms. The molecular formula is C21H19N3O4. The number of fused-ring (bicyclic) bond motifs is 1. The van der Waals surface area contributed by atoms with E-state index in [0.29, 0.717) is 17.8 Å². The van der Waals surface area contributed by atoms with Gasteiger partial charge in [0.1, 0.15) is 0 Å². The average molecular weight is 377 g/mol. The van der Waals surface area contributed by atoms with Crippen molar-refractivity contribution < 1.29 is 14.5 Å². The van der Waals surface area contributed by atoms with Crippen molar-refractivity contribution in [1.82, 2.24) is 0 Å². The Bertz CT molecular complexity index is 978. The zero-order valence-corrected chi connectivity index (χ0v) is 15.1. The number of anilines is 2. The molecule has 7 nitrogen and oxygen atoms in total. The Balaban J connectivity index is 1.42. The van der Waals surface area contributed by atoms with Gasteiger partial charge in [-0.2, -0.15) is 0 Å². The van der Waals surface area contributed by atoms with E-state index in [2.05, 4.69) is 5.32 Å². The van der Waals surface area contributed by atoms with Crippen molar-refractivity contribution in [3.05, 3.63) is 69.8 Å². The molecule has 2 aromatic rings. The minimum Gasteiger partial charge on any atom is -0.322 e. The highest BCUT2D eigenvalue weighted by atomic mass is 16.6. The molecule has 7 heteroatoms. The fraction of sp³-hybridized carbons (Fsp3) is 0.238. The van der Waals surface area contributed by atoms with E-state index < -0.39 is 4.92 Å². The van der Waals surface area contributed by atoms with Crippen LogP contribution in [0.5, 0.6) is 0 Å². The lowest BCUT2D eigenvalue weighted by atomic mass is 10.1. The van der Waals surface area contributed by atoms with Crippen LogP contribution < -0.4 is 10.2 Å². The van der Waals surface area contributed by atoms with E-state index in [1.807, 2.05) is 23.1 Å². The first-order valence-electron chi connectivity index (χ1n) is 9.19. The van der Waals surface area contributed by atoms with Gasteiger partial charge in [0.15, 0.2) is 0 Å². The second-order valence-corrected chi connectivity index (χ2v) is 7.03. The fourth-order valence-electron chi connectivity index (χ4n) is 3.30. The first-order chi connectivity index (χ1) is 13.5. The Labute approximate surface area is 161 Å². The molecule has 1 heterocycles. The Morgan fingerprint density at radius 1 is 1.14 bits per heavy atom. The second-order valence-electron chi connectivity index (χ2n) is 7.03. The van der Waals surface area contributed by atoms with Crippen molar-refractivity contribution in [2.45, 2.75) is 19.3 Å². The summed E-state index contributed by atoms with van der Waals surface area (Å²) in [4.78, 5) is 36.7. The highest BCUT2D eigenvalue weighted by Gasteiger charge is 2.36. The summed E-state index contributed by atoms with van der Waals surface area (Å²) in [6.45, 7) is 0.697. The maximum absolute atomic E-state index is 12.4. The van der Waals surface area contributed by atoms with E-state index >= 15 is 0 Å². The number of non-ortho nitro benzene ring substituents is 1. The van der Waals surface area contributed by atoms with E-state index in [0.717, 1.165) is 30.5 Å². The lowest BCUT2D eigenvalue weighted by molar-refractivity contribution is -0.384. The van der Waals surface area contributed by atoms with Gasteiger partial charge in [0, 0.05) is 42.0 Å². The van der Waals surface area contributed by atoms with Crippen molar-refractivity contribution in [2.75, 3.05) is 16.8 Å². The maximum atomic E-state index is 12.4. The maximum Gasteiger partial charge on any atom is 0.269 e. The number of benzene rings is 2. The molecule has 1 N–H and O–H groups in total. The topological polar surface area (TPSA) is 92.5 Å². The third-order valence-corrected chi connectivity index (χ3v) is 4.97. The standard InChI is InChI=1S/C21H19N3O4/c25-20(10-3-14-1-8-18(9-2-14)24(27)28)22-17-7-6-15-11-12-23(19(15)13-17)21(26)16-4-5-16/h1-3,6-10,13,16H,4-5,11-12H2,(H,22,25)/b10-3+. The Hall–Kier alpha value is -3.48.